The molecular formula is C17H20ClNO. The highest BCUT2D eigenvalue weighted by molar-refractivity contribution is 6.13. The molecule has 2 rings (SSSR count). The van der Waals surface area contributed by atoms with Crippen LogP contribution in [0.2, 0.25) is 0 Å². The molecule has 0 N–H and O–H groups in total. The lowest BCUT2D eigenvalue weighted by Gasteiger charge is -2.21. The number of halogens is 1. The maximum atomic E-state index is 6.20. The van der Waals surface area contributed by atoms with Crippen LogP contribution >= 0.6 is 11.8 Å². The van der Waals surface area contributed by atoms with E-state index in [4.69, 9.17) is 16.5 Å². The Kier molecular flexibility index (Phi) is 5.45. The summed E-state index contributed by atoms with van der Waals surface area (Å²) in [6.45, 7) is 2.83. The van der Waals surface area contributed by atoms with Gasteiger partial charge in [-0.3, -0.25) is 0 Å². The largest absolute Gasteiger partial charge is 0.485 e. The van der Waals surface area contributed by atoms with Crippen LogP contribution in [0.1, 0.15) is 23.7 Å². The lowest BCUT2D eigenvalue weighted by molar-refractivity contribution is 0.186. The van der Waals surface area contributed by atoms with Gasteiger partial charge in [0, 0.05) is 20.0 Å². The van der Waals surface area contributed by atoms with Crippen molar-refractivity contribution < 1.29 is 4.74 Å². The maximum absolute atomic E-state index is 6.20. The molecule has 0 amide bonds. The first kappa shape index (κ1) is 14.9. The fraction of sp³-hybridized carbons (Fsp3) is 0.294. The van der Waals surface area contributed by atoms with Crippen LogP contribution in [0.4, 0.5) is 0 Å². The van der Waals surface area contributed by atoms with Gasteiger partial charge >= 0.3 is 0 Å². The van der Waals surface area contributed by atoms with Gasteiger partial charge in [-0.05, 0) is 35.9 Å². The van der Waals surface area contributed by atoms with Gasteiger partial charge in [-0.2, -0.15) is 0 Å². The topological polar surface area (TPSA) is 12.5 Å². The summed E-state index contributed by atoms with van der Waals surface area (Å²) in [7, 11) is 1.86. The average Bonchev–Trinajstić information content (AvgIpc) is 2.46. The second-order valence-electron chi connectivity index (χ2n) is 4.90. The Balaban J connectivity index is 2.16. The third-order valence-electron chi connectivity index (χ3n) is 3.23. The van der Waals surface area contributed by atoms with Gasteiger partial charge in [0.1, 0.15) is 11.9 Å². The Hall–Kier alpha value is -1.51. The molecule has 1 atom stereocenters. The highest BCUT2D eigenvalue weighted by Gasteiger charge is 2.14. The quantitative estimate of drug-likeness (QED) is 0.721. The molecule has 0 aliphatic heterocycles. The van der Waals surface area contributed by atoms with Crippen LogP contribution in [0.25, 0.3) is 0 Å². The summed E-state index contributed by atoms with van der Waals surface area (Å²) in [4.78, 5) is 0. The van der Waals surface area contributed by atoms with Gasteiger partial charge in [-0.1, -0.05) is 48.5 Å². The Morgan fingerprint density at radius 3 is 2.35 bits per heavy atom. The average molecular weight is 290 g/mol. The Bertz CT molecular complexity index is 528. The number of benzene rings is 2. The number of ether oxygens (including phenoxy) is 1. The number of aryl methyl sites for hydroxylation is 1. The summed E-state index contributed by atoms with van der Waals surface area (Å²) in [5.41, 5.74) is 2.32. The van der Waals surface area contributed by atoms with Crippen molar-refractivity contribution in [2.45, 2.75) is 19.4 Å². The van der Waals surface area contributed by atoms with Crippen molar-refractivity contribution in [1.29, 1.82) is 0 Å². The van der Waals surface area contributed by atoms with Crippen LogP contribution in [0.5, 0.6) is 5.75 Å². The van der Waals surface area contributed by atoms with Gasteiger partial charge in [-0.25, -0.2) is 4.42 Å². The molecule has 0 saturated heterocycles. The molecule has 0 unspecified atom stereocenters. The summed E-state index contributed by atoms with van der Waals surface area (Å²) < 4.78 is 7.86. The van der Waals surface area contributed by atoms with Crippen LogP contribution < -0.4 is 4.74 Å². The van der Waals surface area contributed by atoms with E-state index in [1.807, 2.05) is 43.4 Å². The van der Waals surface area contributed by atoms with Crippen molar-refractivity contribution in [1.82, 2.24) is 4.42 Å². The third-order valence-corrected chi connectivity index (χ3v) is 3.40. The summed E-state index contributed by atoms with van der Waals surface area (Å²) in [6, 6.07) is 18.4. The van der Waals surface area contributed by atoms with Gasteiger partial charge in [0.05, 0.1) is 0 Å². The monoisotopic (exact) mass is 289 g/mol. The molecule has 0 bridgehead atoms. The Labute approximate surface area is 126 Å². The molecule has 2 nitrogen and oxygen atoms in total. The van der Waals surface area contributed by atoms with E-state index in [1.165, 1.54) is 5.56 Å². The third kappa shape index (κ3) is 4.26. The first-order valence-electron chi connectivity index (χ1n) is 6.81. The summed E-state index contributed by atoms with van der Waals surface area (Å²) in [6.07, 6.45) is 0.858. The van der Waals surface area contributed by atoms with Crippen molar-refractivity contribution >= 4 is 11.8 Å². The van der Waals surface area contributed by atoms with E-state index in [-0.39, 0.29) is 6.10 Å². The van der Waals surface area contributed by atoms with Crippen LogP contribution in [-0.2, 0) is 0 Å². The SMILES string of the molecule is Cc1ccccc1O[C@H](CCN(C)Cl)c1ccccc1. The summed E-state index contributed by atoms with van der Waals surface area (Å²) in [5, 5.41) is 0. The number of para-hydroxylation sites is 1. The molecular weight excluding hydrogens is 270 g/mol. The summed E-state index contributed by atoms with van der Waals surface area (Å²) in [5.74, 6) is 0.929. The van der Waals surface area contributed by atoms with E-state index in [1.54, 1.807) is 4.42 Å². The molecule has 0 heterocycles. The number of hydrogen-bond donors (Lipinski definition) is 0. The lowest BCUT2D eigenvalue weighted by atomic mass is 10.1. The van der Waals surface area contributed by atoms with Crippen molar-refractivity contribution in [2.75, 3.05) is 13.6 Å². The van der Waals surface area contributed by atoms with E-state index in [2.05, 4.69) is 25.1 Å². The Morgan fingerprint density at radius 2 is 1.70 bits per heavy atom. The normalized spacial score (nSPS) is 12.4. The predicted molar refractivity (Wildman–Crippen MR) is 84.1 cm³/mol. The molecule has 0 radical (unpaired) electrons. The molecule has 0 aliphatic carbocycles. The minimum Gasteiger partial charge on any atom is -0.485 e. The number of nitrogens with zero attached hydrogens (tertiary/aromatic N) is 1. The molecule has 0 saturated carbocycles. The number of hydrogen-bond acceptors (Lipinski definition) is 2. The molecule has 0 spiro atoms. The second kappa shape index (κ2) is 7.32. The first-order valence-corrected chi connectivity index (χ1v) is 7.15. The molecule has 0 fully saturated rings. The summed E-state index contributed by atoms with van der Waals surface area (Å²) >= 11 is 5.92. The molecule has 2 aromatic carbocycles. The van der Waals surface area contributed by atoms with Crippen molar-refractivity contribution in [2.24, 2.45) is 0 Å². The lowest BCUT2D eigenvalue weighted by Crippen LogP contribution is -2.15. The Morgan fingerprint density at radius 1 is 1.05 bits per heavy atom. The zero-order valence-corrected chi connectivity index (χ0v) is 12.7. The fourth-order valence-corrected chi connectivity index (χ4v) is 2.20. The van der Waals surface area contributed by atoms with Gasteiger partial charge in [-0.15, -0.1) is 0 Å². The van der Waals surface area contributed by atoms with Crippen molar-refractivity contribution in [3.63, 3.8) is 0 Å². The highest BCUT2D eigenvalue weighted by Crippen LogP contribution is 2.27. The van der Waals surface area contributed by atoms with Gasteiger partial charge in [0.2, 0.25) is 0 Å². The van der Waals surface area contributed by atoms with Crippen molar-refractivity contribution in [3.8, 4) is 5.75 Å². The fourth-order valence-electron chi connectivity index (χ4n) is 2.10. The minimum atomic E-state index is 0.0125. The first-order chi connectivity index (χ1) is 9.66. The molecule has 0 aliphatic rings. The van der Waals surface area contributed by atoms with Gasteiger partial charge in [0.15, 0.2) is 0 Å². The zero-order valence-electron chi connectivity index (χ0n) is 11.9. The van der Waals surface area contributed by atoms with E-state index >= 15 is 0 Å². The standard InChI is InChI=1S/C17H20ClNO/c1-14-8-6-7-11-16(14)20-17(12-13-19(2)18)15-9-4-3-5-10-15/h3-11,17H,12-13H2,1-2H3/t17-/m1/s1. The van der Waals surface area contributed by atoms with Crippen LogP contribution in [-0.4, -0.2) is 18.0 Å². The maximum Gasteiger partial charge on any atom is 0.125 e. The smallest absolute Gasteiger partial charge is 0.125 e. The molecule has 106 valence electrons. The zero-order chi connectivity index (χ0) is 14.4. The minimum absolute atomic E-state index is 0.0125. The molecule has 3 heteroatoms. The van der Waals surface area contributed by atoms with Gasteiger partial charge in [0.25, 0.3) is 0 Å². The highest BCUT2D eigenvalue weighted by atomic mass is 35.5. The number of rotatable bonds is 6. The van der Waals surface area contributed by atoms with Crippen LogP contribution in [0.3, 0.4) is 0 Å². The second-order valence-corrected chi connectivity index (χ2v) is 5.48. The van der Waals surface area contributed by atoms with Crippen LogP contribution in [0.15, 0.2) is 54.6 Å². The van der Waals surface area contributed by atoms with E-state index in [0.29, 0.717) is 0 Å². The molecule has 20 heavy (non-hydrogen) atoms. The van der Waals surface area contributed by atoms with Crippen LogP contribution in [0, 0.1) is 6.92 Å². The van der Waals surface area contributed by atoms with E-state index < -0.39 is 0 Å². The van der Waals surface area contributed by atoms with Gasteiger partial charge < -0.3 is 4.74 Å². The van der Waals surface area contributed by atoms with E-state index in [0.717, 1.165) is 24.3 Å². The molecule has 0 aromatic heterocycles. The van der Waals surface area contributed by atoms with Crippen molar-refractivity contribution in [3.05, 3.63) is 65.7 Å². The van der Waals surface area contributed by atoms with E-state index in [9.17, 15) is 0 Å². The predicted octanol–water partition coefficient (Wildman–Crippen LogP) is 4.59. The molecule has 2 aromatic rings.